The molecule has 2 saturated heterocycles. The Hall–Kier alpha value is -1.92. The number of carbonyl (C=O) groups is 1. The lowest BCUT2D eigenvalue weighted by Gasteiger charge is -2.20. The van der Waals surface area contributed by atoms with Gasteiger partial charge in [0.1, 0.15) is 0 Å². The Morgan fingerprint density at radius 2 is 1.88 bits per heavy atom. The van der Waals surface area contributed by atoms with Crippen LogP contribution in [0.3, 0.4) is 0 Å². The lowest BCUT2D eigenvalue weighted by molar-refractivity contribution is -0.131. The molecular weight excluding hydrogens is 352 g/mol. The maximum Gasteiger partial charge on any atom is 0.227 e. The predicted molar refractivity (Wildman–Crippen MR) is 98.7 cm³/mol. The monoisotopic (exact) mass is 374 g/mol. The number of fused-ring (bicyclic) bond motifs is 1. The summed E-state index contributed by atoms with van der Waals surface area (Å²) in [6.45, 7) is 3.92. The Kier molecular flexibility index (Phi) is 5.22. The number of nitrogens with zero attached hydrogens (tertiary/aromatic N) is 3. The molecule has 0 unspecified atom stereocenters. The standard InChI is InChI=1S/C19H23ClN4O2/c20-16-3-1-13(2-4-16)19-22-17(26-23-19)5-6-18(25)24-9-7-14-11-21-12-15(14)8-10-24/h1-4,14-15,21H,5-12H2/t14-,15+. The van der Waals surface area contributed by atoms with Crippen molar-refractivity contribution in [3.63, 3.8) is 0 Å². The van der Waals surface area contributed by atoms with Gasteiger partial charge in [0.25, 0.3) is 0 Å². The van der Waals surface area contributed by atoms with Crippen LogP contribution in [0.2, 0.25) is 5.02 Å². The number of nitrogens with one attached hydrogen (secondary N) is 1. The third-order valence-electron chi connectivity index (χ3n) is 5.50. The van der Waals surface area contributed by atoms with E-state index >= 15 is 0 Å². The molecule has 7 heteroatoms. The first-order valence-corrected chi connectivity index (χ1v) is 9.64. The minimum Gasteiger partial charge on any atom is -0.343 e. The van der Waals surface area contributed by atoms with Gasteiger partial charge in [-0.3, -0.25) is 4.79 Å². The number of aryl methyl sites for hydroxylation is 1. The lowest BCUT2D eigenvalue weighted by atomic mass is 9.92. The van der Waals surface area contributed by atoms with E-state index in [9.17, 15) is 4.79 Å². The molecule has 2 fully saturated rings. The van der Waals surface area contributed by atoms with Gasteiger partial charge in [-0.05, 0) is 62.0 Å². The summed E-state index contributed by atoms with van der Waals surface area (Å²) < 4.78 is 5.30. The van der Waals surface area contributed by atoms with Gasteiger partial charge in [0, 0.05) is 36.5 Å². The van der Waals surface area contributed by atoms with Crippen LogP contribution in [-0.2, 0) is 11.2 Å². The fraction of sp³-hybridized carbons (Fsp3) is 0.526. The zero-order valence-electron chi connectivity index (χ0n) is 14.7. The van der Waals surface area contributed by atoms with Crippen molar-refractivity contribution >= 4 is 17.5 Å². The van der Waals surface area contributed by atoms with Crippen LogP contribution >= 0.6 is 11.6 Å². The molecule has 138 valence electrons. The SMILES string of the molecule is O=C(CCc1nc(-c2ccc(Cl)cc2)no1)N1CC[C@@H]2CNC[C@@H]2CC1. The van der Waals surface area contributed by atoms with Crippen molar-refractivity contribution in [3.8, 4) is 11.4 Å². The number of aromatic nitrogens is 2. The largest absolute Gasteiger partial charge is 0.343 e. The summed E-state index contributed by atoms with van der Waals surface area (Å²) in [6.07, 6.45) is 3.09. The molecule has 0 spiro atoms. The summed E-state index contributed by atoms with van der Waals surface area (Å²) in [4.78, 5) is 19.0. The Labute approximate surface area is 157 Å². The average molecular weight is 375 g/mol. The molecule has 3 heterocycles. The van der Waals surface area contributed by atoms with Crippen molar-refractivity contribution in [2.24, 2.45) is 11.8 Å². The normalized spacial score (nSPS) is 22.9. The summed E-state index contributed by atoms with van der Waals surface area (Å²) in [5, 5.41) is 8.13. The minimum atomic E-state index is 0.184. The second-order valence-corrected chi connectivity index (χ2v) is 7.59. The van der Waals surface area contributed by atoms with Crippen LogP contribution in [0.15, 0.2) is 28.8 Å². The number of rotatable bonds is 4. The van der Waals surface area contributed by atoms with E-state index in [4.69, 9.17) is 16.1 Å². The van der Waals surface area contributed by atoms with Gasteiger partial charge >= 0.3 is 0 Å². The molecule has 0 bridgehead atoms. The number of halogens is 1. The van der Waals surface area contributed by atoms with E-state index in [1.54, 1.807) is 12.1 Å². The van der Waals surface area contributed by atoms with Gasteiger partial charge in [0.15, 0.2) is 0 Å². The topological polar surface area (TPSA) is 71.3 Å². The summed E-state index contributed by atoms with van der Waals surface area (Å²) in [6, 6.07) is 7.29. The quantitative estimate of drug-likeness (QED) is 0.891. The molecule has 2 aliphatic rings. The van der Waals surface area contributed by atoms with E-state index in [1.807, 2.05) is 17.0 Å². The third kappa shape index (κ3) is 3.91. The smallest absolute Gasteiger partial charge is 0.227 e. The van der Waals surface area contributed by atoms with Crippen LogP contribution in [0.4, 0.5) is 0 Å². The van der Waals surface area contributed by atoms with E-state index in [0.29, 0.717) is 29.6 Å². The highest BCUT2D eigenvalue weighted by Crippen LogP contribution is 2.27. The lowest BCUT2D eigenvalue weighted by Crippen LogP contribution is -2.32. The molecule has 0 radical (unpaired) electrons. The van der Waals surface area contributed by atoms with E-state index in [0.717, 1.165) is 56.4 Å². The second kappa shape index (κ2) is 7.76. The maximum absolute atomic E-state index is 12.6. The zero-order chi connectivity index (χ0) is 17.9. The molecule has 1 aromatic carbocycles. The van der Waals surface area contributed by atoms with Crippen LogP contribution in [0.1, 0.15) is 25.2 Å². The van der Waals surface area contributed by atoms with Crippen molar-refractivity contribution in [2.75, 3.05) is 26.2 Å². The van der Waals surface area contributed by atoms with Gasteiger partial charge in [-0.2, -0.15) is 4.98 Å². The first kappa shape index (κ1) is 17.5. The van der Waals surface area contributed by atoms with Crippen LogP contribution in [0, 0.1) is 11.8 Å². The van der Waals surface area contributed by atoms with Gasteiger partial charge in [-0.25, -0.2) is 0 Å². The molecule has 0 aliphatic carbocycles. The van der Waals surface area contributed by atoms with E-state index in [2.05, 4.69) is 15.5 Å². The number of hydrogen-bond acceptors (Lipinski definition) is 5. The molecule has 0 saturated carbocycles. The molecule has 2 atom stereocenters. The summed E-state index contributed by atoms with van der Waals surface area (Å²) in [5.74, 6) is 2.67. The van der Waals surface area contributed by atoms with Crippen molar-refractivity contribution in [3.05, 3.63) is 35.2 Å². The first-order chi connectivity index (χ1) is 12.7. The van der Waals surface area contributed by atoms with Gasteiger partial charge in [0.2, 0.25) is 17.6 Å². The van der Waals surface area contributed by atoms with Crippen molar-refractivity contribution in [1.29, 1.82) is 0 Å². The highest BCUT2D eigenvalue weighted by atomic mass is 35.5. The average Bonchev–Trinajstić information content (AvgIpc) is 3.26. The molecule has 4 rings (SSSR count). The van der Waals surface area contributed by atoms with E-state index in [1.165, 1.54) is 0 Å². The van der Waals surface area contributed by atoms with E-state index in [-0.39, 0.29) is 5.91 Å². The highest BCUT2D eigenvalue weighted by Gasteiger charge is 2.31. The minimum absolute atomic E-state index is 0.184. The fourth-order valence-corrected chi connectivity index (χ4v) is 4.04. The van der Waals surface area contributed by atoms with Crippen molar-refractivity contribution in [1.82, 2.24) is 20.4 Å². The van der Waals surface area contributed by atoms with Gasteiger partial charge in [-0.1, -0.05) is 16.8 Å². The molecule has 2 aromatic rings. The first-order valence-electron chi connectivity index (χ1n) is 9.26. The maximum atomic E-state index is 12.6. The molecule has 26 heavy (non-hydrogen) atoms. The van der Waals surface area contributed by atoms with Gasteiger partial charge in [-0.15, -0.1) is 0 Å². The molecule has 2 aliphatic heterocycles. The predicted octanol–water partition coefficient (Wildman–Crippen LogP) is 2.78. The van der Waals surface area contributed by atoms with Crippen molar-refractivity contribution in [2.45, 2.75) is 25.7 Å². The van der Waals surface area contributed by atoms with Crippen LogP contribution in [0.5, 0.6) is 0 Å². The van der Waals surface area contributed by atoms with Crippen molar-refractivity contribution < 1.29 is 9.32 Å². The highest BCUT2D eigenvalue weighted by molar-refractivity contribution is 6.30. The number of likely N-dealkylation sites (tertiary alicyclic amines) is 1. The number of hydrogen-bond donors (Lipinski definition) is 1. The van der Waals surface area contributed by atoms with Crippen LogP contribution in [-0.4, -0.2) is 47.1 Å². The molecule has 1 amide bonds. The van der Waals surface area contributed by atoms with E-state index < -0.39 is 0 Å². The zero-order valence-corrected chi connectivity index (χ0v) is 15.4. The summed E-state index contributed by atoms with van der Waals surface area (Å²) in [7, 11) is 0. The molecule has 6 nitrogen and oxygen atoms in total. The molecular formula is C19H23ClN4O2. The summed E-state index contributed by atoms with van der Waals surface area (Å²) >= 11 is 5.90. The Bertz CT molecular complexity index is 747. The number of amides is 1. The number of carbonyl (C=O) groups excluding carboxylic acids is 1. The Morgan fingerprint density at radius 1 is 1.19 bits per heavy atom. The Morgan fingerprint density at radius 3 is 2.58 bits per heavy atom. The molecule has 1 N–H and O–H groups in total. The summed E-state index contributed by atoms with van der Waals surface area (Å²) in [5.41, 5.74) is 0.850. The third-order valence-corrected chi connectivity index (χ3v) is 5.75. The second-order valence-electron chi connectivity index (χ2n) is 7.16. The fourth-order valence-electron chi connectivity index (χ4n) is 3.91. The van der Waals surface area contributed by atoms with Gasteiger partial charge < -0.3 is 14.7 Å². The molecule has 1 aromatic heterocycles. The van der Waals surface area contributed by atoms with Gasteiger partial charge in [0.05, 0.1) is 0 Å². The Balaban J connectivity index is 1.31. The van der Waals surface area contributed by atoms with Crippen LogP contribution < -0.4 is 5.32 Å². The van der Waals surface area contributed by atoms with Crippen LogP contribution in [0.25, 0.3) is 11.4 Å². The number of benzene rings is 1.